The lowest BCUT2D eigenvalue weighted by Crippen LogP contribution is -2.48. The molecule has 1 saturated heterocycles. The number of rotatable bonds is 8. The molecule has 0 amide bonds. The Balaban J connectivity index is 1.33. The van der Waals surface area contributed by atoms with Crippen molar-refractivity contribution in [3.8, 4) is 11.5 Å². The summed E-state index contributed by atoms with van der Waals surface area (Å²) in [6.07, 6.45) is 0. The number of para-hydroxylation sites is 1. The van der Waals surface area contributed by atoms with Crippen LogP contribution in [0.4, 0.5) is 5.13 Å². The van der Waals surface area contributed by atoms with Gasteiger partial charge in [-0.05, 0) is 52.2 Å². The van der Waals surface area contributed by atoms with Crippen molar-refractivity contribution in [2.24, 2.45) is 0 Å². The van der Waals surface area contributed by atoms with E-state index in [4.69, 9.17) is 14.5 Å². The van der Waals surface area contributed by atoms with Crippen LogP contribution in [0.3, 0.4) is 0 Å². The summed E-state index contributed by atoms with van der Waals surface area (Å²) in [6, 6.07) is 18.2. The summed E-state index contributed by atoms with van der Waals surface area (Å²) in [6.45, 7) is 3.98. The van der Waals surface area contributed by atoms with Crippen LogP contribution in [-0.2, 0) is 6.54 Å². The van der Waals surface area contributed by atoms with Crippen LogP contribution in [0.25, 0.3) is 10.2 Å². The van der Waals surface area contributed by atoms with Crippen LogP contribution in [-0.4, -0.2) is 70.5 Å². The minimum absolute atomic E-state index is 0.197. The molecule has 1 aliphatic rings. The molecule has 1 fully saturated rings. The SMILES string of the molecule is COc1ccc(OC)c([C@H](c2nnnn2Cc2cccs2)N2CCN(c3nc4ccccc4s3)CC2)c1. The summed E-state index contributed by atoms with van der Waals surface area (Å²) in [4.78, 5) is 10.9. The number of methoxy groups -OCH3 is 2. The van der Waals surface area contributed by atoms with Gasteiger partial charge in [-0.1, -0.05) is 29.5 Å². The van der Waals surface area contributed by atoms with Crippen molar-refractivity contribution in [2.75, 3.05) is 45.3 Å². The van der Waals surface area contributed by atoms with E-state index >= 15 is 0 Å². The van der Waals surface area contributed by atoms with E-state index in [1.165, 1.54) is 9.58 Å². The van der Waals surface area contributed by atoms with Crippen LogP contribution in [0.1, 0.15) is 22.3 Å². The lowest BCUT2D eigenvalue weighted by atomic mass is 10.0. The molecule has 3 aromatic heterocycles. The predicted octanol–water partition coefficient (Wildman–Crippen LogP) is 4.32. The average Bonchev–Trinajstić information content (AvgIpc) is 3.71. The average molecular weight is 534 g/mol. The van der Waals surface area contributed by atoms with Gasteiger partial charge < -0.3 is 14.4 Å². The molecular formula is C26H27N7O2S2. The summed E-state index contributed by atoms with van der Waals surface area (Å²) in [5.41, 5.74) is 2.04. The maximum atomic E-state index is 5.81. The molecular weight excluding hydrogens is 506 g/mol. The number of fused-ring (bicyclic) bond motifs is 1. The van der Waals surface area contributed by atoms with Crippen molar-refractivity contribution in [3.63, 3.8) is 0 Å². The lowest BCUT2D eigenvalue weighted by Gasteiger charge is -2.39. The zero-order valence-corrected chi connectivity index (χ0v) is 22.3. The number of aromatic nitrogens is 5. The Morgan fingerprint density at radius 3 is 2.59 bits per heavy atom. The first kappa shape index (κ1) is 23.8. The van der Waals surface area contributed by atoms with Gasteiger partial charge in [0.05, 0.1) is 31.0 Å². The molecule has 0 N–H and O–H groups in total. The number of hydrogen-bond acceptors (Lipinski definition) is 10. The molecule has 6 rings (SSSR count). The molecule has 2 aromatic carbocycles. The Hall–Kier alpha value is -3.54. The number of piperazine rings is 1. The molecule has 0 spiro atoms. The van der Waals surface area contributed by atoms with Crippen molar-refractivity contribution in [1.29, 1.82) is 0 Å². The fourth-order valence-electron chi connectivity index (χ4n) is 4.79. The molecule has 4 heterocycles. The van der Waals surface area contributed by atoms with Gasteiger partial charge >= 0.3 is 0 Å². The molecule has 9 nitrogen and oxygen atoms in total. The first-order valence-corrected chi connectivity index (χ1v) is 13.8. The highest BCUT2D eigenvalue weighted by Crippen LogP contribution is 2.38. The zero-order valence-electron chi connectivity index (χ0n) is 20.6. The number of tetrazole rings is 1. The van der Waals surface area contributed by atoms with Gasteiger partial charge in [-0.3, -0.25) is 4.90 Å². The summed E-state index contributed by atoms with van der Waals surface area (Å²) >= 11 is 3.45. The van der Waals surface area contributed by atoms with Crippen LogP contribution in [0.2, 0.25) is 0 Å². The fourth-order valence-corrected chi connectivity index (χ4v) is 6.49. The molecule has 1 aliphatic heterocycles. The van der Waals surface area contributed by atoms with Crippen molar-refractivity contribution in [2.45, 2.75) is 12.6 Å². The van der Waals surface area contributed by atoms with E-state index in [1.807, 2.05) is 35.0 Å². The molecule has 37 heavy (non-hydrogen) atoms. The number of ether oxygens (including phenoxy) is 2. The van der Waals surface area contributed by atoms with Crippen molar-refractivity contribution < 1.29 is 9.47 Å². The third kappa shape index (κ3) is 4.77. The van der Waals surface area contributed by atoms with Crippen LogP contribution < -0.4 is 14.4 Å². The maximum absolute atomic E-state index is 5.81. The van der Waals surface area contributed by atoms with E-state index < -0.39 is 0 Å². The standard InChI is InChI=1S/C26H27N7O2S2/c1-34-18-9-10-22(35-2)20(16-18)24(25-28-29-30-33(25)17-19-6-5-15-36-19)31-11-13-32(14-12-31)26-27-21-7-3-4-8-23(21)37-26/h3-10,15-16,24H,11-14,17H2,1-2H3/t24-/m1/s1. The van der Waals surface area contributed by atoms with Gasteiger partial charge in [0.1, 0.15) is 17.5 Å². The van der Waals surface area contributed by atoms with Crippen molar-refractivity contribution >= 4 is 38.0 Å². The summed E-state index contributed by atoms with van der Waals surface area (Å²) in [5, 5.41) is 16.1. The van der Waals surface area contributed by atoms with Crippen LogP contribution in [0.15, 0.2) is 60.0 Å². The zero-order chi connectivity index (χ0) is 25.2. The van der Waals surface area contributed by atoms with Gasteiger partial charge in [0.15, 0.2) is 11.0 Å². The van der Waals surface area contributed by atoms with Crippen LogP contribution in [0, 0.1) is 0 Å². The van der Waals surface area contributed by atoms with Gasteiger partial charge in [0.25, 0.3) is 0 Å². The number of anilines is 1. The molecule has 190 valence electrons. The fraction of sp³-hybridized carbons (Fsp3) is 0.308. The van der Waals surface area contributed by atoms with Crippen molar-refractivity contribution in [3.05, 3.63) is 76.2 Å². The highest BCUT2D eigenvalue weighted by Gasteiger charge is 2.33. The smallest absolute Gasteiger partial charge is 0.186 e. The molecule has 0 radical (unpaired) electrons. The van der Waals surface area contributed by atoms with Crippen molar-refractivity contribution in [1.82, 2.24) is 30.1 Å². The van der Waals surface area contributed by atoms with E-state index in [1.54, 1.807) is 36.9 Å². The second-order valence-corrected chi connectivity index (χ2v) is 10.8. The summed E-state index contributed by atoms with van der Waals surface area (Å²) in [7, 11) is 3.38. The van der Waals surface area contributed by atoms with Crippen LogP contribution >= 0.6 is 22.7 Å². The number of thiophene rings is 1. The number of benzene rings is 2. The Bertz CT molecular complexity index is 1440. The molecule has 0 unspecified atom stereocenters. The third-order valence-electron chi connectivity index (χ3n) is 6.65. The molecule has 11 heteroatoms. The van der Waals surface area contributed by atoms with Gasteiger partial charge in [0, 0.05) is 36.6 Å². The molecule has 0 saturated carbocycles. The second-order valence-electron chi connectivity index (χ2n) is 8.77. The number of nitrogens with zero attached hydrogens (tertiary/aromatic N) is 7. The normalized spacial score (nSPS) is 15.2. The quantitative estimate of drug-likeness (QED) is 0.292. The molecule has 0 aliphatic carbocycles. The Kier molecular flexibility index (Phi) is 6.73. The van der Waals surface area contributed by atoms with E-state index in [0.29, 0.717) is 6.54 Å². The number of thiazole rings is 1. The first-order chi connectivity index (χ1) is 18.2. The monoisotopic (exact) mass is 533 g/mol. The summed E-state index contributed by atoms with van der Waals surface area (Å²) in [5.74, 6) is 2.34. The Morgan fingerprint density at radius 2 is 1.84 bits per heavy atom. The van der Waals surface area contributed by atoms with E-state index in [2.05, 4.69) is 55.0 Å². The highest BCUT2D eigenvalue weighted by molar-refractivity contribution is 7.22. The van der Waals surface area contributed by atoms with Crippen LogP contribution in [0.5, 0.6) is 11.5 Å². The highest BCUT2D eigenvalue weighted by atomic mass is 32.1. The number of hydrogen-bond donors (Lipinski definition) is 0. The largest absolute Gasteiger partial charge is 0.497 e. The molecule has 5 aromatic rings. The topological polar surface area (TPSA) is 81.4 Å². The summed E-state index contributed by atoms with van der Waals surface area (Å²) < 4.78 is 14.5. The first-order valence-electron chi connectivity index (χ1n) is 12.1. The lowest BCUT2D eigenvalue weighted by molar-refractivity contribution is 0.197. The predicted molar refractivity (Wildman–Crippen MR) is 146 cm³/mol. The minimum atomic E-state index is -0.197. The Labute approximate surface area is 222 Å². The second kappa shape index (κ2) is 10.4. The van der Waals surface area contributed by atoms with Gasteiger partial charge in [-0.2, -0.15) is 0 Å². The van der Waals surface area contributed by atoms with E-state index in [-0.39, 0.29) is 6.04 Å². The minimum Gasteiger partial charge on any atom is -0.497 e. The van der Waals surface area contributed by atoms with E-state index in [0.717, 1.165) is 59.7 Å². The third-order valence-corrected chi connectivity index (χ3v) is 8.61. The molecule has 1 atom stereocenters. The van der Waals surface area contributed by atoms with Gasteiger partial charge in [-0.15, -0.1) is 16.4 Å². The van der Waals surface area contributed by atoms with Gasteiger partial charge in [0.2, 0.25) is 0 Å². The maximum Gasteiger partial charge on any atom is 0.186 e. The van der Waals surface area contributed by atoms with E-state index in [9.17, 15) is 0 Å². The molecule has 0 bridgehead atoms. The van der Waals surface area contributed by atoms with Gasteiger partial charge in [-0.25, -0.2) is 9.67 Å². The Morgan fingerprint density at radius 1 is 0.973 bits per heavy atom.